The summed E-state index contributed by atoms with van der Waals surface area (Å²) in [6, 6.07) is 0. The van der Waals surface area contributed by atoms with Gasteiger partial charge in [0, 0.05) is 53.9 Å². The smallest absolute Gasteiger partial charge is 0.104 e. The zero-order chi connectivity index (χ0) is 30.7. The highest BCUT2D eigenvalue weighted by atomic mass is 16.6. The molecule has 1 rings (SSSR count). The van der Waals surface area contributed by atoms with Crippen LogP contribution in [0.15, 0.2) is 0 Å². The van der Waals surface area contributed by atoms with E-state index in [2.05, 4.69) is 53.2 Å². The standard InChI is InChI=1S/C7H14O2.2C7H16O2.C5H12.C3H8O.C3H8/c1-2-3-4-8-5-7-6-9-7;1-3-4-5-9-7-6-8-2;1-2-3-6-9-7-4-5-8;1-3-5-4-2;1-3-4-2;1-3-2/h7H,2-6H2,1H3;3-7H2,1-2H3;8H,2-7H2,1H3;3-5H2,1-2H3;3H2,1-2H3;3H2,1-2H3. The van der Waals surface area contributed by atoms with Crippen LogP contribution in [0.3, 0.4) is 0 Å². The molecule has 0 aromatic carbocycles. The Hall–Kier alpha value is -0.280. The molecule has 1 aliphatic rings. The van der Waals surface area contributed by atoms with Crippen LogP contribution in [0.25, 0.3) is 0 Å². The summed E-state index contributed by atoms with van der Waals surface area (Å²) in [4.78, 5) is 0. The molecule has 0 aromatic rings. The quantitative estimate of drug-likeness (QED) is 0.117. The molecule has 244 valence electrons. The lowest BCUT2D eigenvalue weighted by molar-refractivity contribution is 0.0692. The topological polar surface area (TPSA) is 78.9 Å². The molecule has 0 bridgehead atoms. The van der Waals surface area contributed by atoms with Crippen LogP contribution < -0.4 is 0 Å². The van der Waals surface area contributed by atoms with Crippen LogP contribution in [0.2, 0.25) is 0 Å². The predicted octanol–water partition coefficient (Wildman–Crippen LogP) is 8.10. The minimum absolute atomic E-state index is 0.242. The third-order valence-electron chi connectivity index (χ3n) is 4.51. The van der Waals surface area contributed by atoms with Gasteiger partial charge < -0.3 is 33.5 Å². The van der Waals surface area contributed by atoms with Crippen LogP contribution in [0.1, 0.15) is 126 Å². The maximum Gasteiger partial charge on any atom is 0.104 e. The summed E-state index contributed by atoms with van der Waals surface area (Å²) in [5.74, 6) is 0. The first-order valence-corrected chi connectivity index (χ1v) is 15.9. The molecule has 7 nitrogen and oxygen atoms in total. The third kappa shape index (κ3) is 85.5. The number of aliphatic hydroxyl groups excluding tert-OH is 1. The van der Waals surface area contributed by atoms with Gasteiger partial charge in [-0.05, 0) is 32.6 Å². The Kier molecular flexibility index (Phi) is 71.5. The molecule has 1 atom stereocenters. The number of methoxy groups -OCH3 is 2. The second-order valence-corrected chi connectivity index (χ2v) is 9.02. The Balaban J connectivity index is -0.000000124. The maximum absolute atomic E-state index is 8.34. The van der Waals surface area contributed by atoms with E-state index in [1.807, 2.05) is 6.92 Å². The summed E-state index contributed by atoms with van der Waals surface area (Å²) >= 11 is 0. The highest BCUT2D eigenvalue weighted by Crippen LogP contribution is 2.08. The number of unbranched alkanes of at least 4 members (excludes halogenated alkanes) is 5. The van der Waals surface area contributed by atoms with Crippen LogP contribution in [0.5, 0.6) is 0 Å². The Morgan fingerprint density at radius 2 is 0.949 bits per heavy atom. The Morgan fingerprint density at radius 3 is 1.26 bits per heavy atom. The van der Waals surface area contributed by atoms with Crippen molar-refractivity contribution in [3.63, 3.8) is 0 Å². The molecule has 0 aromatic heterocycles. The van der Waals surface area contributed by atoms with E-state index in [0.717, 1.165) is 65.5 Å². The van der Waals surface area contributed by atoms with Crippen molar-refractivity contribution in [3.05, 3.63) is 0 Å². The molecule has 1 fully saturated rings. The SMILES string of the molecule is CCC.CCCCC.CCCCOCC1CO1.CCCCOCCCO.CCCCOCCOC.CCOC. The minimum atomic E-state index is 0.242. The maximum atomic E-state index is 8.34. The highest BCUT2D eigenvalue weighted by Gasteiger charge is 2.21. The van der Waals surface area contributed by atoms with Crippen molar-refractivity contribution < 1.29 is 33.5 Å². The van der Waals surface area contributed by atoms with Gasteiger partial charge in [0.15, 0.2) is 0 Å². The zero-order valence-electron chi connectivity index (χ0n) is 28.3. The molecule has 7 heteroatoms. The fourth-order valence-corrected chi connectivity index (χ4v) is 1.98. The Labute approximate surface area is 246 Å². The summed E-state index contributed by atoms with van der Waals surface area (Å²) < 4.78 is 29.9. The first-order chi connectivity index (χ1) is 19.0. The first-order valence-electron chi connectivity index (χ1n) is 15.9. The fourth-order valence-electron chi connectivity index (χ4n) is 1.98. The molecule has 39 heavy (non-hydrogen) atoms. The van der Waals surface area contributed by atoms with Crippen molar-refractivity contribution in [2.45, 2.75) is 132 Å². The van der Waals surface area contributed by atoms with Gasteiger partial charge in [-0.15, -0.1) is 0 Å². The lowest BCUT2D eigenvalue weighted by Gasteiger charge is -2.00. The van der Waals surface area contributed by atoms with Crippen molar-refractivity contribution in [1.82, 2.24) is 0 Å². The molecule has 0 aliphatic carbocycles. The van der Waals surface area contributed by atoms with Gasteiger partial charge in [0.1, 0.15) is 6.10 Å². The molecule has 1 saturated heterocycles. The van der Waals surface area contributed by atoms with Crippen molar-refractivity contribution >= 4 is 0 Å². The monoisotopic (exact) mass is 571 g/mol. The van der Waals surface area contributed by atoms with Crippen LogP contribution in [-0.2, 0) is 28.4 Å². The van der Waals surface area contributed by atoms with Crippen molar-refractivity contribution in [2.75, 3.05) is 80.3 Å². The van der Waals surface area contributed by atoms with Gasteiger partial charge in [0.25, 0.3) is 0 Å². The number of hydrogen-bond acceptors (Lipinski definition) is 7. The Morgan fingerprint density at radius 1 is 0.564 bits per heavy atom. The third-order valence-corrected chi connectivity index (χ3v) is 4.51. The second-order valence-electron chi connectivity index (χ2n) is 9.02. The van der Waals surface area contributed by atoms with E-state index in [9.17, 15) is 0 Å². The molecule has 1 aliphatic heterocycles. The molecular formula is C32H74O7. The van der Waals surface area contributed by atoms with Gasteiger partial charge in [-0.1, -0.05) is 93.4 Å². The summed E-state index contributed by atoms with van der Waals surface area (Å²) in [5, 5.41) is 8.34. The predicted molar refractivity (Wildman–Crippen MR) is 169 cm³/mol. The molecule has 1 unspecified atom stereocenters. The highest BCUT2D eigenvalue weighted by molar-refractivity contribution is 4.66. The van der Waals surface area contributed by atoms with E-state index >= 15 is 0 Å². The minimum Gasteiger partial charge on any atom is -0.396 e. The van der Waals surface area contributed by atoms with Crippen LogP contribution in [-0.4, -0.2) is 91.5 Å². The van der Waals surface area contributed by atoms with Gasteiger partial charge in [-0.2, -0.15) is 0 Å². The molecule has 1 N–H and O–H groups in total. The summed E-state index contributed by atoms with van der Waals surface area (Å²) in [6.45, 7) is 24.6. The van der Waals surface area contributed by atoms with Gasteiger partial charge in [0.2, 0.25) is 0 Å². The summed E-state index contributed by atoms with van der Waals surface area (Å²) in [5.41, 5.74) is 0. The summed E-state index contributed by atoms with van der Waals surface area (Å²) in [7, 11) is 3.36. The van der Waals surface area contributed by atoms with Gasteiger partial charge in [0.05, 0.1) is 26.4 Å². The number of ether oxygens (including phenoxy) is 6. The van der Waals surface area contributed by atoms with E-state index in [1.165, 1.54) is 51.4 Å². The average Bonchev–Trinajstić information content (AvgIpc) is 3.78. The van der Waals surface area contributed by atoms with Crippen molar-refractivity contribution in [1.29, 1.82) is 0 Å². The van der Waals surface area contributed by atoms with E-state index in [0.29, 0.717) is 19.3 Å². The number of aliphatic hydroxyl groups is 1. The molecule has 0 spiro atoms. The molecule has 0 radical (unpaired) electrons. The Bertz CT molecular complexity index is 287. The lowest BCUT2D eigenvalue weighted by atomic mass is 10.3. The average molecular weight is 571 g/mol. The van der Waals surface area contributed by atoms with E-state index in [4.69, 9.17) is 28.8 Å². The first kappa shape index (κ1) is 48.5. The van der Waals surface area contributed by atoms with E-state index in [-0.39, 0.29) is 6.61 Å². The normalized spacial score (nSPS) is 12.5. The largest absolute Gasteiger partial charge is 0.396 e. The molecular weight excluding hydrogens is 496 g/mol. The van der Waals surface area contributed by atoms with Crippen LogP contribution in [0, 0.1) is 0 Å². The molecule has 0 amide bonds. The van der Waals surface area contributed by atoms with E-state index in [1.54, 1.807) is 14.2 Å². The number of hydrogen-bond donors (Lipinski definition) is 1. The lowest BCUT2D eigenvalue weighted by Crippen LogP contribution is -2.02. The molecule has 0 saturated carbocycles. The zero-order valence-corrected chi connectivity index (χ0v) is 28.3. The van der Waals surface area contributed by atoms with Crippen molar-refractivity contribution in [3.8, 4) is 0 Å². The van der Waals surface area contributed by atoms with Crippen LogP contribution in [0.4, 0.5) is 0 Å². The fraction of sp³-hybridized carbons (Fsp3) is 1.00. The molecule has 1 heterocycles. The number of epoxide rings is 1. The second kappa shape index (κ2) is 57.6. The number of rotatable bonds is 20. The van der Waals surface area contributed by atoms with Gasteiger partial charge in [-0.25, -0.2) is 0 Å². The van der Waals surface area contributed by atoms with Gasteiger partial charge in [-0.3, -0.25) is 0 Å². The van der Waals surface area contributed by atoms with Gasteiger partial charge >= 0.3 is 0 Å². The van der Waals surface area contributed by atoms with Crippen LogP contribution >= 0.6 is 0 Å². The summed E-state index contributed by atoms with van der Waals surface area (Å²) in [6.07, 6.45) is 13.6. The van der Waals surface area contributed by atoms with E-state index < -0.39 is 0 Å². The van der Waals surface area contributed by atoms with Crippen molar-refractivity contribution in [2.24, 2.45) is 0 Å².